The van der Waals surface area contributed by atoms with Gasteiger partial charge < -0.3 is 15.8 Å². The van der Waals surface area contributed by atoms with Crippen LogP contribution in [0.1, 0.15) is 29.4 Å². The molecule has 2 atom stereocenters. The summed E-state index contributed by atoms with van der Waals surface area (Å²) in [5.41, 5.74) is 2.63. The minimum absolute atomic E-state index is 0.0709. The number of rotatable bonds is 5. The molecule has 1 aliphatic rings. The summed E-state index contributed by atoms with van der Waals surface area (Å²) >= 11 is 0. The Bertz CT molecular complexity index is 1070. The van der Waals surface area contributed by atoms with Crippen molar-refractivity contribution in [3.63, 3.8) is 0 Å². The lowest BCUT2D eigenvalue weighted by atomic mass is 9.79. The molecule has 7 nitrogen and oxygen atoms in total. The van der Waals surface area contributed by atoms with Gasteiger partial charge in [-0.05, 0) is 25.1 Å². The number of aliphatic imine (C=N–C) groups is 1. The van der Waals surface area contributed by atoms with Gasteiger partial charge in [0.05, 0.1) is 29.7 Å². The third kappa shape index (κ3) is 5.49. The van der Waals surface area contributed by atoms with E-state index in [4.69, 9.17) is 5.73 Å². The third-order valence-electron chi connectivity index (χ3n) is 4.88. The summed E-state index contributed by atoms with van der Waals surface area (Å²) in [6.45, 7) is -0.504. The van der Waals surface area contributed by atoms with Crippen molar-refractivity contribution in [3.05, 3.63) is 47.7 Å². The molecule has 2 unspecified atom stereocenters. The lowest BCUT2D eigenvalue weighted by molar-refractivity contribution is -0.187. The molecule has 0 aliphatic carbocycles. The van der Waals surface area contributed by atoms with Gasteiger partial charge in [0.25, 0.3) is 5.91 Å². The molecule has 0 radical (unpaired) electrons. The monoisotopic (exact) mass is 479 g/mol. The fourth-order valence-electron chi connectivity index (χ4n) is 3.36. The Morgan fingerprint density at radius 3 is 2.48 bits per heavy atom. The van der Waals surface area contributed by atoms with Crippen LogP contribution in [0.4, 0.5) is 36.4 Å². The molecule has 0 fully saturated rings. The van der Waals surface area contributed by atoms with Gasteiger partial charge in [0.1, 0.15) is 11.5 Å². The normalized spacial score (nSPS) is 21.0. The molecular weight excluding hydrogens is 463 g/mol. The van der Waals surface area contributed by atoms with E-state index in [0.717, 1.165) is 37.5 Å². The van der Waals surface area contributed by atoms with E-state index < -0.39 is 60.0 Å². The number of ether oxygens (including phenoxy) is 1. The van der Waals surface area contributed by atoms with Crippen LogP contribution in [0.3, 0.4) is 0 Å². The Labute approximate surface area is 181 Å². The Hall–Kier alpha value is -3.45. The number of carbonyl (C=O) groups is 1. The average Bonchev–Trinajstić information content (AvgIpc) is 3.03. The number of alkyl halides is 6. The predicted octanol–water partition coefficient (Wildman–Crippen LogP) is 3.96. The summed E-state index contributed by atoms with van der Waals surface area (Å²) in [5, 5.41) is 2.32. The second kappa shape index (κ2) is 8.48. The first-order valence-corrected chi connectivity index (χ1v) is 9.23. The van der Waals surface area contributed by atoms with Gasteiger partial charge in [0, 0.05) is 17.7 Å². The van der Waals surface area contributed by atoms with Gasteiger partial charge in [0.2, 0.25) is 5.88 Å². The number of hydrogen-bond acceptors (Lipinski definition) is 6. The highest BCUT2D eigenvalue weighted by Gasteiger charge is 2.56. The number of hydrogen-bond donors (Lipinski definition) is 2. The molecule has 1 aromatic heterocycles. The highest BCUT2D eigenvalue weighted by atomic mass is 19.4. The first kappa shape index (κ1) is 24.2. The maximum Gasteiger partial charge on any atom is 0.422 e. The molecule has 1 aromatic carbocycles. The lowest BCUT2D eigenvalue weighted by Gasteiger charge is -2.31. The van der Waals surface area contributed by atoms with Crippen molar-refractivity contribution in [2.24, 2.45) is 16.6 Å². The first-order valence-electron chi connectivity index (χ1n) is 9.23. The van der Waals surface area contributed by atoms with E-state index in [2.05, 4.69) is 25.0 Å². The first-order chi connectivity index (χ1) is 15.2. The number of anilines is 1. The maximum absolute atomic E-state index is 14.5. The fourth-order valence-corrected chi connectivity index (χ4v) is 3.36. The number of aromatic nitrogens is 2. The van der Waals surface area contributed by atoms with E-state index in [1.54, 1.807) is 0 Å². The zero-order valence-corrected chi connectivity index (χ0v) is 16.8. The van der Waals surface area contributed by atoms with Crippen molar-refractivity contribution >= 4 is 17.4 Å². The van der Waals surface area contributed by atoms with Crippen molar-refractivity contribution < 1.29 is 40.3 Å². The van der Waals surface area contributed by atoms with Gasteiger partial charge in [-0.1, -0.05) is 0 Å². The topological polar surface area (TPSA) is 102 Å². The summed E-state index contributed by atoms with van der Waals surface area (Å²) in [7, 11) is 0. The Morgan fingerprint density at radius 1 is 1.21 bits per heavy atom. The maximum atomic E-state index is 14.5. The molecule has 1 amide bonds. The second-order valence-corrected chi connectivity index (χ2v) is 7.34. The molecule has 2 aromatic rings. The van der Waals surface area contributed by atoms with Crippen molar-refractivity contribution in [3.8, 4) is 5.88 Å². The second-order valence-electron chi connectivity index (χ2n) is 7.34. The van der Waals surface area contributed by atoms with Crippen LogP contribution < -0.4 is 15.8 Å². The van der Waals surface area contributed by atoms with Crippen molar-refractivity contribution in [2.75, 3.05) is 11.9 Å². The zero-order valence-electron chi connectivity index (χ0n) is 16.8. The summed E-state index contributed by atoms with van der Waals surface area (Å²) in [6.07, 6.45) is -8.27. The summed E-state index contributed by atoms with van der Waals surface area (Å²) in [4.78, 5) is 23.4. The van der Waals surface area contributed by atoms with E-state index in [9.17, 15) is 35.5 Å². The summed E-state index contributed by atoms with van der Waals surface area (Å²) in [5.74, 6) is -4.70. The van der Waals surface area contributed by atoms with Crippen molar-refractivity contribution in [1.29, 1.82) is 0 Å². The minimum atomic E-state index is -4.71. The van der Waals surface area contributed by atoms with Gasteiger partial charge in [-0.2, -0.15) is 26.3 Å². The molecule has 33 heavy (non-hydrogen) atoms. The highest BCUT2D eigenvalue weighted by molar-refractivity contribution is 6.02. The molecule has 0 saturated carbocycles. The van der Waals surface area contributed by atoms with E-state index >= 15 is 0 Å². The number of carbonyl (C=O) groups excluding carboxylic acids is 1. The number of nitrogens with zero attached hydrogens (tertiary/aromatic N) is 3. The zero-order chi connectivity index (χ0) is 24.6. The molecule has 2 heterocycles. The Balaban J connectivity index is 1.81. The SMILES string of the molecule is CC1(c2cc(NC(=O)c3cnc(OCC(F)(F)F)cn3)ccc2F)N=C(N)CC1C(F)(F)F. The fraction of sp³-hybridized carbons (Fsp3) is 0.368. The molecule has 14 heteroatoms. The molecule has 3 N–H and O–H groups in total. The smallest absolute Gasteiger partial charge is 0.422 e. The van der Waals surface area contributed by atoms with Crippen LogP contribution >= 0.6 is 0 Å². The van der Waals surface area contributed by atoms with Crippen LogP contribution in [0.5, 0.6) is 5.88 Å². The standard InChI is InChI=1S/C19H16F7N5O2/c1-17(13(19(24,25)26)5-14(27)31-17)10-4-9(2-3-11(10)20)30-16(32)12-6-29-15(7-28-12)33-8-18(21,22)23/h2-4,6-7,13H,5,8H2,1H3,(H2,27,31)(H,30,32). The predicted molar refractivity (Wildman–Crippen MR) is 101 cm³/mol. The van der Waals surface area contributed by atoms with Gasteiger partial charge in [-0.15, -0.1) is 0 Å². The quantitative estimate of drug-likeness (QED) is 0.632. The van der Waals surface area contributed by atoms with E-state index in [1.165, 1.54) is 0 Å². The molecule has 0 spiro atoms. The van der Waals surface area contributed by atoms with E-state index in [0.29, 0.717) is 0 Å². The van der Waals surface area contributed by atoms with Crippen LogP contribution in [0.15, 0.2) is 35.6 Å². The summed E-state index contributed by atoms with van der Waals surface area (Å²) < 4.78 is 95.9. The van der Waals surface area contributed by atoms with Crippen molar-refractivity contribution in [1.82, 2.24) is 9.97 Å². The molecular formula is C19H16F7N5O2. The number of nitrogens with one attached hydrogen (secondary N) is 1. The lowest BCUT2D eigenvalue weighted by Crippen LogP contribution is -2.38. The number of nitrogens with two attached hydrogens (primary N) is 1. The van der Waals surface area contributed by atoms with E-state index in [-0.39, 0.29) is 17.2 Å². The van der Waals surface area contributed by atoms with Gasteiger partial charge >= 0.3 is 12.4 Å². The number of benzene rings is 1. The number of amidine groups is 1. The largest absolute Gasteiger partial charge is 0.467 e. The van der Waals surface area contributed by atoms with Gasteiger partial charge in [0.15, 0.2) is 6.61 Å². The molecule has 0 bridgehead atoms. The Kier molecular flexibility index (Phi) is 6.22. The van der Waals surface area contributed by atoms with Crippen LogP contribution in [-0.4, -0.2) is 40.7 Å². The van der Waals surface area contributed by atoms with Gasteiger partial charge in [-0.25, -0.2) is 14.4 Å². The highest BCUT2D eigenvalue weighted by Crippen LogP contribution is 2.49. The number of amides is 1. The van der Waals surface area contributed by atoms with E-state index in [1.807, 2.05) is 0 Å². The minimum Gasteiger partial charge on any atom is -0.467 e. The van der Waals surface area contributed by atoms with Crippen LogP contribution in [0, 0.1) is 11.7 Å². The van der Waals surface area contributed by atoms with Crippen LogP contribution in [0.25, 0.3) is 0 Å². The van der Waals surface area contributed by atoms with Crippen LogP contribution in [0.2, 0.25) is 0 Å². The van der Waals surface area contributed by atoms with Crippen LogP contribution in [-0.2, 0) is 5.54 Å². The Morgan fingerprint density at radius 2 is 1.91 bits per heavy atom. The molecule has 3 rings (SSSR count). The van der Waals surface area contributed by atoms with Crippen molar-refractivity contribution in [2.45, 2.75) is 31.2 Å². The molecule has 1 aliphatic heterocycles. The third-order valence-corrected chi connectivity index (χ3v) is 4.88. The van der Waals surface area contributed by atoms with Gasteiger partial charge in [-0.3, -0.25) is 9.79 Å². The average molecular weight is 479 g/mol. The molecule has 0 saturated heterocycles. The summed E-state index contributed by atoms with van der Waals surface area (Å²) in [6, 6.07) is 2.98. The number of halogens is 7. The molecule has 178 valence electrons.